The summed E-state index contributed by atoms with van der Waals surface area (Å²) < 4.78 is 0. The Labute approximate surface area is 124 Å². The lowest BCUT2D eigenvalue weighted by atomic mass is 9.77. The third kappa shape index (κ3) is 2.98. The van der Waals surface area contributed by atoms with Gasteiger partial charge in [0.1, 0.15) is 0 Å². The topological polar surface area (TPSA) is 49.3 Å². The molecular weight excluding hydrogens is 262 g/mol. The Morgan fingerprint density at radius 2 is 1.86 bits per heavy atom. The average molecular weight is 281 g/mol. The Morgan fingerprint density at radius 1 is 1.14 bits per heavy atom. The molecule has 2 aromatic carbocycles. The van der Waals surface area contributed by atoms with Crippen molar-refractivity contribution in [3.8, 4) is 0 Å². The van der Waals surface area contributed by atoms with Gasteiger partial charge in [-0.25, -0.2) is 0 Å². The molecule has 0 amide bonds. The predicted octanol–water partition coefficient (Wildman–Crippen LogP) is 2.78. The molecule has 3 heteroatoms. The van der Waals surface area contributed by atoms with Crippen LogP contribution in [0.1, 0.15) is 28.5 Å². The summed E-state index contributed by atoms with van der Waals surface area (Å²) in [5, 5.41) is 12.7. The summed E-state index contributed by atoms with van der Waals surface area (Å²) in [6.07, 6.45) is 1.09. The number of hydrogen-bond donors (Lipinski definition) is 2. The molecule has 0 fully saturated rings. The van der Waals surface area contributed by atoms with Gasteiger partial charge in [0, 0.05) is 19.0 Å². The maximum atomic E-state index is 11.4. The van der Waals surface area contributed by atoms with E-state index in [0.717, 1.165) is 18.5 Å². The van der Waals surface area contributed by atoms with Gasteiger partial charge in [-0.15, -0.1) is 0 Å². The number of carbonyl (C=O) groups is 1. The molecule has 2 aromatic rings. The van der Waals surface area contributed by atoms with Crippen LogP contribution in [0.4, 0.5) is 0 Å². The molecule has 0 heterocycles. The molecule has 0 aromatic heterocycles. The van der Waals surface area contributed by atoms with Crippen LogP contribution >= 0.6 is 0 Å². The van der Waals surface area contributed by atoms with Crippen molar-refractivity contribution in [2.45, 2.75) is 18.3 Å². The van der Waals surface area contributed by atoms with Gasteiger partial charge >= 0.3 is 5.97 Å². The molecule has 0 saturated heterocycles. The minimum Gasteiger partial charge on any atom is -0.481 e. The van der Waals surface area contributed by atoms with E-state index < -0.39 is 11.9 Å². The van der Waals surface area contributed by atoms with E-state index in [0.29, 0.717) is 12.5 Å². The fraction of sp³-hybridized carbons (Fsp3) is 0.278. The first-order valence-electron chi connectivity index (χ1n) is 7.32. The first kappa shape index (κ1) is 13.8. The van der Waals surface area contributed by atoms with Crippen molar-refractivity contribution in [1.82, 2.24) is 5.32 Å². The van der Waals surface area contributed by atoms with Crippen LogP contribution in [-0.4, -0.2) is 24.2 Å². The number of rotatable bonds is 6. The Bertz CT molecular complexity index is 624. The lowest BCUT2D eigenvalue weighted by Gasteiger charge is -2.30. The van der Waals surface area contributed by atoms with Gasteiger partial charge in [-0.1, -0.05) is 54.6 Å². The van der Waals surface area contributed by atoms with Crippen LogP contribution in [0.15, 0.2) is 54.6 Å². The number of carboxylic acids is 1. The van der Waals surface area contributed by atoms with E-state index in [-0.39, 0.29) is 0 Å². The molecule has 1 aliphatic rings. The van der Waals surface area contributed by atoms with E-state index in [4.69, 9.17) is 0 Å². The predicted molar refractivity (Wildman–Crippen MR) is 82.6 cm³/mol. The number of carboxylic acid groups (broad SMARTS) is 1. The SMILES string of the molecule is O=C(O)C(CNCC1Cc2ccccc21)c1ccccc1. The third-order valence-electron chi connectivity index (χ3n) is 4.20. The summed E-state index contributed by atoms with van der Waals surface area (Å²) in [6.45, 7) is 1.31. The van der Waals surface area contributed by atoms with E-state index in [1.165, 1.54) is 11.1 Å². The Balaban J connectivity index is 1.56. The second-order valence-electron chi connectivity index (χ2n) is 5.56. The molecule has 0 saturated carbocycles. The number of fused-ring (bicyclic) bond motifs is 1. The normalized spacial score (nSPS) is 17.6. The molecule has 2 atom stereocenters. The van der Waals surface area contributed by atoms with E-state index in [9.17, 15) is 9.90 Å². The number of hydrogen-bond acceptors (Lipinski definition) is 2. The third-order valence-corrected chi connectivity index (χ3v) is 4.20. The van der Waals surface area contributed by atoms with Crippen molar-refractivity contribution in [2.24, 2.45) is 0 Å². The van der Waals surface area contributed by atoms with Gasteiger partial charge in [0.2, 0.25) is 0 Å². The lowest BCUT2D eigenvalue weighted by Crippen LogP contribution is -2.33. The minimum absolute atomic E-state index is 0.470. The zero-order valence-electron chi connectivity index (χ0n) is 11.8. The van der Waals surface area contributed by atoms with E-state index in [1.54, 1.807) is 0 Å². The van der Waals surface area contributed by atoms with Crippen molar-refractivity contribution in [2.75, 3.05) is 13.1 Å². The first-order chi connectivity index (χ1) is 10.3. The zero-order chi connectivity index (χ0) is 14.7. The highest BCUT2D eigenvalue weighted by molar-refractivity contribution is 5.76. The van der Waals surface area contributed by atoms with Crippen molar-refractivity contribution < 1.29 is 9.90 Å². The molecule has 2 unspecified atom stereocenters. The van der Waals surface area contributed by atoms with Crippen LogP contribution < -0.4 is 5.32 Å². The van der Waals surface area contributed by atoms with Crippen LogP contribution in [0, 0.1) is 0 Å². The number of benzene rings is 2. The van der Waals surface area contributed by atoms with Crippen molar-refractivity contribution in [1.29, 1.82) is 0 Å². The zero-order valence-corrected chi connectivity index (χ0v) is 11.8. The van der Waals surface area contributed by atoms with Gasteiger partial charge in [-0.2, -0.15) is 0 Å². The second kappa shape index (κ2) is 6.10. The molecule has 3 rings (SSSR count). The van der Waals surface area contributed by atoms with E-state index in [2.05, 4.69) is 29.6 Å². The van der Waals surface area contributed by atoms with Crippen LogP contribution in [0.2, 0.25) is 0 Å². The summed E-state index contributed by atoms with van der Waals surface area (Å²) in [7, 11) is 0. The molecule has 3 nitrogen and oxygen atoms in total. The Morgan fingerprint density at radius 3 is 2.57 bits per heavy atom. The highest BCUT2D eigenvalue weighted by atomic mass is 16.4. The quantitative estimate of drug-likeness (QED) is 0.856. The van der Waals surface area contributed by atoms with Gasteiger partial charge in [-0.3, -0.25) is 4.79 Å². The monoisotopic (exact) mass is 281 g/mol. The molecule has 1 aliphatic carbocycles. The molecule has 0 bridgehead atoms. The molecule has 108 valence electrons. The Kier molecular flexibility index (Phi) is 4.02. The van der Waals surface area contributed by atoms with Crippen LogP contribution in [0.25, 0.3) is 0 Å². The fourth-order valence-electron chi connectivity index (χ4n) is 2.98. The van der Waals surface area contributed by atoms with Crippen molar-refractivity contribution in [3.63, 3.8) is 0 Å². The fourth-order valence-corrected chi connectivity index (χ4v) is 2.98. The van der Waals surface area contributed by atoms with Crippen molar-refractivity contribution >= 4 is 5.97 Å². The van der Waals surface area contributed by atoms with Gasteiger partial charge in [0.05, 0.1) is 5.92 Å². The van der Waals surface area contributed by atoms with Gasteiger partial charge < -0.3 is 10.4 Å². The number of aliphatic carboxylic acids is 1. The maximum absolute atomic E-state index is 11.4. The summed E-state index contributed by atoms with van der Waals surface area (Å²) in [5.74, 6) is -0.740. The summed E-state index contributed by atoms with van der Waals surface area (Å²) >= 11 is 0. The maximum Gasteiger partial charge on any atom is 0.312 e. The smallest absolute Gasteiger partial charge is 0.312 e. The van der Waals surface area contributed by atoms with Gasteiger partial charge in [0.15, 0.2) is 0 Å². The van der Waals surface area contributed by atoms with Crippen molar-refractivity contribution in [3.05, 3.63) is 71.3 Å². The van der Waals surface area contributed by atoms with Crippen LogP contribution in [0.3, 0.4) is 0 Å². The van der Waals surface area contributed by atoms with Crippen LogP contribution in [-0.2, 0) is 11.2 Å². The molecule has 21 heavy (non-hydrogen) atoms. The second-order valence-corrected chi connectivity index (χ2v) is 5.56. The van der Waals surface area contributed by atoms with E-state index in [1.807, 2.05) is 30.3 Å². The Hall–Kier alpha value is -2.13. The van der Waals surface area contributed by atoms with Crippen LogP contribution in [0.5, 0.6) is 0 Å². The highest BCUT2D eigenvalue weighted by Crippen LogP contribution is 2.34. The number of nitrogens with one attached hydrogen (secondary N) is 1. The first-order valence-corrected chi connectivity index (χ1v) is 7.32. The average Bonchev–Trinajstić information content (AvgIpc) is 2.48. The minimum atomic E-state index is -0.775. The standard InChI is InChI=1S/C18H19NO2/c20-18(21)17(13-6-2-1-3-7-13)12-19-11-15-10-14-8-4-5-9-16(14)15/h1-9,15,17,19H,10-12H2,(H,20,21). The summed E-state index contributed by atoms with van der Waals surface area (Å²) in [5.41, 5.74) is 3.67. The lowest BCUT2D eigenvalue weighted by molar-refractivity contribution is -0.138. The molecule has 0 radical (unpaired) electrons. The molecular formula is C18H19NO2. The summed E-state index contributed by atoms with van der Waals surface area (Å²) in [4.78, 5) is 11.4. The molecule has 0 spiro atoms. The largest absolute Gasteiger partial charge is 0.481 e. The summed E-state index contributed by atoms with van der Waals surface area (Å²) in [6, 6.07) is 17.9. The molecule has 0 aliphatic heterocycles. The highest BCUT2D eigenvalue weighted by Gasteiger charge is 2.26. The van der Waals surface area contributed by atoms with Gasteiger partial charge in [-0.05, 0) is 23.1 Å². The van der Waals surface area contributed by atoms with E-state index >= 15 is 0 Å². The van der Waals surface area contributed by atoms with Gasteiger partial charge in [0.25, 0.3) is 0 Å². The molecule has 2 N–H and O–H groups in total.